The molecule has 1 heterocycles. The number of fused-ring (bicyclic) bond motifs is 1. The summed E-state index contributed by atoms with van der Waals surface area (Å²) >= 11 is 0. The average molecular weight is 286 g/mol. The molecule has 1 aromatic carbocycles. The number of nitrogens with one attached hydrogen (secondary N) is 2. The minimum Gasteiger partial charge on any atom is -0.396 e. The van der Waals surface area contributed by atoms with Crippen LogP contribution in [0, 0.1) is 5.41 Å². The Morgan fingerprint density at radius 1 is 1.33 bits per heavy atom. The van der Waals surface area contributed by atoms with E-state index < -0.39 is 0 Å². The van der Waals surface area contributed by atoms with E-state index in [1.54, 1.807) is 0 Å². The summed E-state index contributed by atoms with van der Waals surface area (Å²) in [6.45, 7) is 0.804. The van der Waals surface area contributed by atoms with Gasteiger partial charge in [0, 0.05) is 35.5 Å². The highest BCUT2D eigenvalue weighted by Crippen LogP contribution is 2.44. The number of rotatable bonds is 7. The van der Waals surface area contributed by atoms with Gasteiger partial charge < -0.3 is 15.4 Å². The first-order chi connectivity index (χ1) is 10.2. The summed E-state index contributed by atoms with van der Waals surface area (Å²) in [6.07, 6.45) is 6.38. The van der Waals surface area contributed by atoms with Crippen molar-refractivity contribution in [3.05, 3.63) is 36.0 Å². The van der Waals surface area contributed by atoms with E-state index in [0.29, 0.717) is 13.0 Å². The van der Waals surface area contributed by atoms with Gasteiger partial charge in [-0.15, -0.1) is 0 Å². The lowest BCUT2D eigenvalue weighted by atomic mass is 10.1. The van der Waals surface area contributed by atoms with Crippen molar-refractivity contribution in [2.75, 3.05) is 13.2 Å². The Bertz CT molecular complexity index is 629. The van der Waals surface area contributed by atoms with Crippen LogP contribution in [0.5, 0.6) is 0 Å². The first-order valence-corrected chi connectivity index (χ1v) is 7.65. The van der Waals surface area contributed by atoms with Crippen LogP contribution in [0.15, 0.2) is 30.5 Å². The lowest BCUT2D eigenvalue weighted by Crippen LogP contribution is -2.31. The summed E-state index contributed by atoms with van der Waals surface area (Å²) in [4.78, 5) is 15.1. The molecule has 3 N–H and O–H groups in total. The van der Waals surface area contributed by atoms with Gasteiger partial charge in [-0.3, -0.25) is 4.79 Å². The maximum atomic E-state index is 11.8. The average Bonchev–Trinajstić information content (AvgIpc) is 3.19. The number of aryl methyl sites for hydroxylation is 1. The Morgan fingerprint density at radius 2 is 2.14 bits per heavy atom. The molecule has 0 bridgehead atoms. The summed E-state index contributed by atoms with van der Waals surface area (Å²) in [5.74, 6) is 0.0922. The first-order valence-electron chi connectivity index (χ1n) is 7.65. The van der Waals surface area contributed by atoms with Gasteiger partial charge in [-0.25, -0.2) is 0 Å². The van der Waals surface area contributed by atoms with E-state index in [4.69, 9.17) is 0 Å². The molecule has 4 nitrogen and oxygen atoms in total. The summed E-state index contributed by atoms with van der Waals surface area (Å²) in [6, 6.07) is 8.23. The molecule has 4 heteroatoms. The lowest BCUT2D eigenvalue weighted by Gasteiger charge is -2.12. The number of carbonyl (C=O) groups excluding carboxylic acids is 1. The molecule has 1 aromatic heterocycles. The second-order valence-electron chi connectivity index (χ2n) is 6.15. The number of carbonyl (C=O) groups is 1. The van der Waals surface area contributed by atoms with Gasteiger partial charge in [0.15, 0.2) is 0 Å². The van der Waals surface area contributed by atoms with Crippen LogP contribution >= 0.6 is 0 Å². The van der Waals surface area contributed by atoms with Crippen LogP contribution in [0.4, 0.5) is 0 Å². The van der Waals surface area contributed by atoms with Crippen molar-refractivity contribution in [2.45, 2.75) is 32.1 Å². The Hall–Kier alpha value is -1.81. The molecule has 0 unspecified atom stereocenters. The zero-order valence-electron chi connectivity index (χ0n) is 12.2. The molecule has 1 aliphatic carbocycles. The second kappa shape index (κ2) is 5.90. The Labute approximate surface area is 124 Å². The topological polar surface area (TPSA) is 65.1 Å². The molecular formula is C17H22N2O2. The molecule has 1 aliphatic rings. The highest BCUT2D eigenvalue weighted by Gasteiger charge is 2.41. The Balaban J connectivity index is 1.44. The molecule has 2 aromatic rings. The Kier molecular flexibility index (Phi) is 3.97. The lowest BCUT2D eigenvalue weighted by molar-refractivity contribution is -0.121. The van der Waals surface area contributed by atoms with Crippen LogP contribution in [-0.2, 0) is 11.2 Å². The Morgan fingerprint density at radius 3 is 2.90 bits per heavy atom. The maximum Gasteiger partial charge on any atom is 0.220 e. The smallest absolute Gasteiger partial charge is 0.220 e. The molecule has 0 saturated heterocycles. The van der Waals surface area contributed by atoms with Crippen molar-refractivity contribution in [1.82, 2.24) is 10.3 Å². The molecule has 0 aliphatic heterocycles. The molecule has 21 heavy (non-hydrogen) atoms. The van der Waals surface area contributed by atoms with E-state index in [1.807, 2.05) is 18.3 Å². The van der Waals surface area contributed by atoms with Crippen LogP contribution in [0.3, 0.4) is 0 Å². The molecule has 0 spiro atoms. The van der Waals surface area contributed by atoms with Crippen molar-refractivity contribution < 1.29 is 9.90 Å². The maximum absolute atomic E-state index is 11.8. The van der Waals surface area contributed by atoms with Gasteiger partial charge in [-0.1, -0.05) is 18.2 Å². The number of aromatic nitrogens is 1. The van der Waals surface area contributed by atoms with Gasteiger partial charge in [0.25, 0.3) is 0 Å². The number of para-hydroxylation sites is 1. The first kappa shape index (κ1) is 14.1. The van der Waals surface area contributed by atoms with Gasteiger partial charge in [0.1, 0.15) is 0 Å². The van der Waals surface area contributed by atoms with Crippen LogP contribution in [-0.4, -0.2) is 29.1 Å². The molecule has 0 atom stereocenters. The minimum absolute atomic E-state index is 0.00744. The van der Waals surface area contributed by atoms with Crippen molar-refractivity contribution in [3.63, 3.8) is 0 Å². The number of aromatic amines is 1. The number of amides is 1. The molecule has 112 valence electrons. The van der Waals surface area contributed by atoms with Crippen molar-refractivity contribution in [3.8, 4) is 0 Å². The number of benzene rings is 1. The fourth-order valence-corrected chi connectivity index (χ4v) is 2.72. The fraction of sp³-hybridized carbons (Fsp3) is 0.471. The van der Waals surface area contributed by atoms with Crippen molar-refractivity contribution >= 4 is 16.8 Å². The highest BCUT2D eigenvalue weighted by atomic mass is 16.3. The summed E-state index contributed by atoms with van der Waals surface area (Å²) in [7, 11) is 0. The van der Waals surface area contributed by atoms with Crippen LogP contribution < -0.4 is 5.32 Å². The SMILES string of the molecule is O=C(CCCc1c[nH]c2ccccc12)NCC1(CO)CC1. The zero-order valence-corrected chi connectivity index (χ0v) is 12.2. The van der Waals surface area contributed by atoms with Gasteiger partial charge in [0.05, 0.1) is 6.61 Å². The molecule has 0 radical (unpaired) electrons. The van der Waals surface area contributed by atoms with E-state index in [1.165, 1.54) is 10.9 Å². The largest absolute Gasteiger partial charge is 0.396 e. The molecule has 1 fully saturated rings. The predicted molar refractivity (Wildman–Crippen MR) is 83.0 cm³/mol. The quantitative estimate of drug-likeness (QED) is 0.731. The van der Waals surface area contributed by atoms with E-state index in [9.17, 15) is 9.90 Å². The molecule has 1 amide bonds. The monoisotopic (exact) mass is 286 g/mol. The predicted octanol–water partition coefficient (Wildman–Crippen LogP) is 2.38. The van der Waals surface area contributed by atoms with E-state index in [2.05, 4.69) is 22.4 Å². The number of aliphatic hydroxyl groups is 1. The van der Waals surface area contributed by atoms with E-state index in [0.717, 1.165) is 31.2 Å². The van der Waals surface area contributed by atoms with E-state index >= 15 is 0 Å². The van der Waals surface area contributed by atoms with Gasteiger partial charge in [-0.05, 0) is 37.3 Å². The van der Waals surface area contributed by atoms with Crippen molar-refractivity contribution in [1.29, 1.82) is 0 Å². The van der Waals surface area contributed by atoms with Crippen LogP contribution in [0.2, 0.25) is 0 Å². The fourth-order valence-electron chi connectivity index (χ4n) is 2.72. The van der Waals surface area contributed by atoms with Crippen LogP contribution in [0.25, 0.3) is 10.9 Å². The molecule has 1 saturated carbocycles. The molecular weight excluding hydrogens is 264 g/mol. The third-order valence-electron chi connectivity index (χ3n) is 4.48. The second-order valence-corrected chi connectivity index (χ2v) is 6.15. The standard InChI is InChI=1S/C17H22N2O2/c20-12-17(8-9-17)11-19-16(21)7-3-4-13-10-18-15-6-2-1-5-14(13)15/h1-2,5-6,10,18,20H,3-4,7-9,11-12H2,(H,19,21). The van der Waals surface area contributed by atoms with Crippen LogP contribution in [0.1, 0.15) is 31.2 Å². The number of hydrogen-bond donors (Lipinski definition) is 3. The zero-order chi connectivity index (χ0) is 14.7. The van der Waals surface area contributed by atoms with E-state index in [-0.39, 0.29) is 17.9 Å². The molecule has 3 rings (SSSR count). The normalized spacial score (nSPS) is 16.0. The van der Waals surface area contributed by atoms with Gasteiger partial charge >= 0.3 is 0 Å². The number of hydrogen-bond acceptors (Lipinski definition) is 2. The third-order valence-corrected chi connectivity index (χ3v) is 4.48. The highest BCUT2D eigenvalue weighted by molar-refractivity contribution is 5.83. The number of H-pyrrole nitrogens is 1. The van der Waals surface area contributed by atoms with Gasteiger partial charge in [0.2, 0.25) is 5.91 Å². The minimum atomic E-state index is -0.00744. The summed E-state index contributed by atoms with van der Waals surface area (Å²) < 4.78 is 0. The van der Waals surface area contributed by atoms with Gasteiger partial charge in [-0.2, -0.15) is 0 Å². The van der Waals surface area contributed by atoms with Crippen molar-refractivity contribution in [2.24, 2.45) is 5.41 Å². The third kappa shape index (κ3) is 3.27. The summed E-state index contributed by atoms with van der Waals surface area (Å²) in [5.41, 5.74) is 2.41. The number of aliphatic hydroxyl groups excluding tert-OH is 1. The summed E-state index contributed by atoms with van der Waals surface area (Å²) in [5, 5.41) is 13.4.